The summed E-state index contributed by atoms with van der Waals surface area (Å²) in [4.78, 5) is 2.35. The van der Waals surface area contributed by atoms with E-state index in [0.29, 0.717) is 10.6 Å². The number of nitriles is 1. The van der Waals surface area contributed by atoms with Crippen molar-refractivity contribution in [3.8, 4) is 11.8 Å². The minimum Gasteiger partial charge on any atom is -0.378 e. The number of ether oxygens (including phenoxy) is 1. The van der Waals surface area contributed by atoms with Gasteiger partial charge in [0.05, 0.1) is 24.9 Å². The van der Waals surface area contributed by atoms with Crippen molar-refractivity contribution in [2.75, 3.05) is 31.2 Å². The van der Waals surface area contributed by atoms with Gasteiger partial charge in [-0.1, -0.05) is 23.7 Å². The molecule has 152 valence electrons. The van der Waals surface area contributed by atoms with Gasteiger partial charge in [0.25, 0.3) is 0 Å². The summed E-state index contributed by atoms with van der Waals surface area (Å²) in [5, 5.41) is 10.3. The van der Waals surface area contributed by atoms with Gasteiger partial charge < -0.3 is 14.2 Å². The lowest BCUT2D eigenvalue weighted by Crippen LogP contribution is -2.36. The molecule has 1 fully saturated rings. The van der Waals surface area contributed by atoms with Gasteiger partial charge in [-0.15, -0.1) is 0 Å². The average molecular weight is 418 g/mol. The summed E-state index contributed by atoms with van der Waals surface area (Å²) in [5.41, 5.74) is 7.01. The molecule has 0 radical (unpaired) electrons. The molecular formula is C25H24ClN3O. The van der Waals surface area contributed by atoms with Gasteiger partial charge in [-0.05, 0) is 73.5 Å². The van der Waals surface area contributed by atoms with E-state index in [0.717, 1.165) is 54.5 Å². The maximum Gasteiger partial charge on any atom is 0.0998 e. The summed E-state index contributed by atoms with van der Waals surface area (Å²) in [6.07, 6.45) is 1.94. The predicted molar refractivity (Wildman–Crippen MR) is 123 cm³/mol. The first kappa shape index (κ1) is 20.3. The topological polar surface area (TPSA) is 41.2 Å². The van der Waals surface area contributed by atoms with Crippen molar-refractivity contribution in [2.45, 2.75) is 13.8 Å². The second-order valence-electron chi connectivity index (χ2n) is 7.46. The molecule has 0 bridgehead atoms. The Morgan fingerprint density at radius 3 is 2.40 bits per heavy atom. The quantitative estimate of drug-likeness (QED) is 0.515. The van der Waals surface area contributed by atoms with Crippen molar-refractivity contribution in [2.24, 2.45) is 0 Å². The summed E-state index contributed by atoms with van der Waals surface area (Å²) in [6, 6.07) is 20.5. The third kappa shape index (κ3) is 4.14. The summed E-state index contributed by atoms with van der Waals surface area (Å²) in [5.74, 6) is 0. The molecule has 30 heavy (non-hydrogen) atoms. The summed E-state index contributed by atoms with van der Waals surface area (Å²) in [7, 11) is 0. The van der Waals surface area contributed by atoms with E-state index < -0.39 is 0 Å². The van der Waals surface area contributed by atoms with Crippen LogP contribution in [0.2, 0.25) is 5.02 Å². The first-order valence-corrected chi connectivity index (χ1v) is 10.4. The van der Waals surface area contributed by atoms with Crippen molar-refractivity contribution < 1.29 is 4.74 Å². The van der Waals surface area contributed by atoms with Gasteiger partial charge >= 0.3 is 0 Å². The number of aromatic nitrogens is 1. The maximum atomic E-state index is 9.69. The lowest BCUT2D eigenvalue weighted by atomic mass is 10.0. The molecule has 0 atom stereocenters. The van der Waals surface area contributed by atoms with Crippen LogP contribution in [0.5, 0.6) is 0 Å². The van der Waals surface area contributed by atoms with Gasteiger partial charge in [-0.2, -0.15) is 5.26 Å². The first-order chi connectivity index (χ1) is 14.6. The van der Waals surface area contributed by atoms with E-state index >= 15 is 0 Å². The Bertz CT molecular complexity index is 1120. The van der Waals surface area contributed by atoms with Crippen LogP contribution in [0.4, 0.5) is 5.69 Å². The Balaban J connectivity index is 1.66. The van der Waals surface area contributed by atoms with Crippen molar-refractivity contribution in [1.29, 1.82) is 5.26 Å². The molecule has 0 amide bonds. The SMILES string of the molecule is Cc1cc(/C=C(/C#N)c2cccc(Cl)c2)c(C)n1-c1ccc(N2CCOCC2)cc1. The highest BCUT2D eigenvalue weighted by molar-refractivity contribution is 6.30. The molecular weight excluding hydrogens is 394 g/mol. The van der Waals surface area contributed by atoms with E-state index in [1.165, 1.54) is 5.69 Å². The summed E-state index contributed by atoms with van der Waals surface area (Å²) < 4.78 is 7.67. The lowest BCUT2D eigenvalue weighted by Gasteiger charge is -2.29. The van der Waals surface area contributed by atoms with Crippen molar-refractivity contribution in [3.63, 3.8) is 0 Å². The monoisotopic (exact) mass is 417 g/mol. The number of allylic oxidation sites excluding steroid dienone is 1. The smallest absolute Gasteiger partial charge is 0.0998 e. The molecule has 4 nitrogen and oxygen atoms in total. The zero-order valence-electron chi connectivity index (χ0n) is 17.2. The molecule has 0 spiro atoms. The number of morpholine rings is 1. The van der Waals surface area contributed by atoms with E-state index in [9.17, 15) is 5.26 Å². The molecule has 0 N–H and O–H groups in total. The van der Waals surface area contributed by atoms with E-state index in [1.807, 2.05) is 30.3 Å². The van der Waals surface area contributed by atoms with E-state index in [2.05, 4.69) is 59.7 Å². The van der Waals surface area contributed by atoms with Gasteiger partial charge in [0.15, 0.2) is 0 Å². The van der Waals surface area contributed by atoms with Crippen LogP contribution in [-0.4, -0.2) is 30.9 Å². The molecule has 4 rings (SSSR count). The van der Waals surface area contributed by atoms with Crippen molar-refractivity contribution >= 4 is 28.9 Å². The molecule has 0 saturated carbocycles. The number of halogens is 1. The molecule has 0 unspecified atom stereocenters. The first-order valence-electron chi connectivity index (χ1n) is 10.1. The van der Waals surface area contributed by atoms with E-state index in [-0.39, 0.29) is 0 Å². The molecule has 2 aromatic carbocycles. The molecule has 0 aliphatic carbocycles. The largest absolute Gasteiger partial charge is 0.378 e. The highest BCUT2D eigenvalue weighted by Gasteiger charge is 2.14. The molecule has 1 saturated heterocycles. The van der Waals surface area contributed by atoms with Gasteiger partial charge in [0.2, 0.25) is 0 Å². The van der Waals surface area contributed by atoms with Crippen LogP contribution in [-0.2, 0) is 4.74 Å². The standard InChI is InChI=1S/C25H24ClN3O/c1-18-14-21(15-22(17-27)20-4-3-5-23(26)16-20)19(2)29(18)25-8-6-24(7-9-25)28-10-12-30-13-11-28/h3-9,14-16H,10-13H2,1-2H3/b22-15-. The second-order valence-corrected chi connectivity index (χ2v) is 7.89. The maximum absolute atomic E-state index is 9.69. The van der Waals surface area contributed by atoms with E-state index in [4.69, 9.17) is 16.3 Å². The van der Waals surface area contributed by atoms with E-state index in [1.54, 1.807) is 0 Å². The van der Waals surface area contributed by atoms with Crippen LogP contribution >= 0.6 is 11.6 Å². The highest BCUT2D eigenvalue weighted by atomic mass is 35.5. The fourth-order valence-corrected chi connectivity index (χ4v) is 4.15. The molecule has 5 heteroatoms. The number of aryl methyl sites for hydroxylation is 1. The zero-order chi connectivity index (χ0) is 21.1. The highest BCUT2D eigenvalue weighted by Crippen LogP contribution is 2.27. The van der Waals surface area contributed by atoms with Crippen LogP contribution in [0.1, 0.15) is 22.5 Å². The third-order valence-electron chi connectivity index (χ3n) is 5.51. The Kier molecular flexibility index (Phi) is 5.94. The van der Waals surface area contributed by atoms with Gasteiger partial charge in [-0.3, -0.25) is 0 Å². The van der Waals surface area contributed by atoms with Gasteiger partial charge in [0.1, 0.15) is 0 Å². The minimum atomic E-state index is 0.598. The fraction of sp³-hybridized carbons (Fsp3) is 0.240. The third-order valence-corrected chi connectivity index (χ3v) is 5.75. The predicted octanol–water partition coefficient (Wildman–Crippen LogP) is 5.65. The van der Waals surface area contributed by atoms with Crippen LogP contribution in [0.3, 0.4) is 0 Å². The number of benzene rings is 2. The number of hydrogen-bond acceptors (Lipinski definition) is 3. The minimum absolute atomic E-state index is 0.598. The number of hydrogen-bond donors (Lipinski definition) is 0. The van der Waals surface area contributed by atoms with Crippen molar-refractivity contribution in [3.05, 3.63) is 82.1 Å². The van der Waals surface area contributed by atoms with Crippen LogP contribution < -0.4 is 4.90 Å². The Hall–Kier alpha value is -3.00. The van der Waals surface area contributed by atoms with Crippen LogP contribution in [0, 0.1) is 25.2 Å². The molecule has 3 aromatic rings. The number of nitrogens with zero attached hydrogens (tertiary/aromatic N) is 3. The van der Waals surface area contributed by atoms with Crippen molar-refractivity contribution in [1.82, 2.24) is 4.57 Å². The lowest BCUT2D eigenvalue weighted by molar-refractivity contribution is 0.122. The number of rotatable bonds is 4. The Labute approximate surface area is 182 Å². The fourth-order valence-electron chi connectivity index (χ4n) is 3.96. The Morgan fingerprint density at radius 2 is 1.73 bits per heavy atom. The second kappa shape index (κ2) is 8.79. The number of anilines is 1. The normalized spacial score (nSPS) is 14.6. The summed E-state index contributed by atoms with van der Waals surface area (Å²) >= 11 is 6.11. The molecule has 1 aliphatic heterocycles. The molecule has 1 aromatic heterocycles. The Morgan fingerprint density at radius 1 is 1.03 bits per heavy atom. The zero-order valence-corrected chi connectivity index (χ0v) is 18.0. The van der Waals surface area contributed by atoms with Crippen LogP contribution in [0.15, 0.2) is 54.6 Å². The molecule has 2 heterocycles. The summed E-state index contributed by atoms with van der Waals surface area (Å²) in [6.45, 7) is 7.59. The molecule has 1 aliphatic rings. The average Bonchev–Trinajstić information content (AvgIpc) is 3.05. The van der Waals surface area contributed by atoms with Crippen LogP contribution in [0.25, 0.3) is 17.3 Å². The van der Waals surface area contributed by atoms with Gasteiger partial charge in [-0.25, -0.2) is 0 Å². The van der Waals surface area contributed by atoms with Gasteiger partial charge in [0, 0.05) is 40.9 Å².